The minimum absolute atomic E-state index is 0.0199. The number of amides is 2. The molecule has 0 aliphatic carbocycles. The molecule has 0 aliphatic rings. The molecule has 0 unspecified atom stereocenters. The summed E-state index contributed by atoms with van der Waals surface area (Å²) in [7, 11) is 0. The number of hydrogen-bond donors (Lipinski definition) is 4. The lowest BCUT2D eigenvalue weighted by molar-refractivity contribution is -0.141. The molecular weight excluding hydrogens is 458 g/mol. The van der Waals surface area contributed by atoms with Crippen molar-refractivity contribution in [3.05, 3.63) is 58.7 Å². The summed E-state index contributed by atoms with van der Waals surface area (Å²) in [5.41, 5.74) is 10.2. The number of anilines is 2. The van der Waals surface area contributed by atoms with E-state index < -0.39 is 11.9 Å². The lowest BCUT2D eigenvalue weighted by Gasteiger charge is -2.25. The Balaban J connectivity index is 2.17. The quantitative estimate of drug-likeness (QED) is 0.173. The number of esters is 1. The second-order valence-corrected chi connectivity index (χ2v) is 8.09. The molecule has 0 spiro atoms. The number of amidine groups is 1. The minimum atomic E-state index is -0.491. The predicted octanol–water partition coefficient (Wildman–Crippen LogP) is 2.47. The third-order valence-electron chi connectivity index (χ3n) is 5.24. The Bertz CT molecular complexity index is 1180. The van der Waals surface area contributed by atoms with Gasteiger partial charge in [-0.15, -0.1) is 0 Å². The van der Waals surface area contributed by atoms with E-state index in [1.54, 1.807) is 30.9 Å². The average molecular weight is 492 g/mol. The summed E-state index contributed by atoms with van der Waals surface area (Å²) in [5.74, 6) is 4.94. The molecule has 2 rings (SSSR count). The Hall–Kier alpha value is -4.32. The highest BCUT2D eigenvalue weighted by Gasteiger charge is 2.19. The van der Waals surface area contributed by atoms with Crippen molar-refractivity contribution in [1.29, 1.82) is 5.41 Å². The number of nitrogens with zero attached hydrogens (tertiary/aromatic N) is 1. The van der Waals surface area contributed by atoms with Gasteiger partial charge in [-0.3, -0.25) is 25.1 Å². The molecule has 5 N–H and O–H groups in total. The van der Waals surface area contributed by atoms with Gasteiger partial charge in [-0.2, -0.15) is 0 Å². The van der Waals surface area contributed by atoms with Gasteiger partial charge in [0.1, 0.15) is 12.4 Å². The highest BCUT2D eigenvalue weighted by molar-refractivity contribution is 5.97. The highest BCUT2D eigenvalue weighted by atomic mass is 16.5. The number of rotatable bonds is 10. The predicted molar refractivity (Wildman–Crippen MR) is 141 cm³/mol. The number of benzene rings is 2. The molecule has 190 valence electrons. The smallest absolute Gasteiger partial charge is 0.325 e. The molecule has 2 aromatic rings. The van der Waals surface area contributed by atoms with Gasteiger partial charge >= 0.3 is 5.97 Å². The van der Waals surface area contributed by atoms with Crippen molar-refractivity contribution >= 4 is 35.0 Å². The van der Waals surface area contributed by atoms with Gasteiger partial charge in [-0.25, -0.2) is 0 Å². The zero-order chi connectivity index (χ0) is 26.7. The van der Waals surface area contributed by atoms with Crippen LogP contribution in [0, 0.1) is 31.1 Å². The standard InChI is InChI=1S/C27H33N5O4/c1-5-24(33)31-25(34)16-32(17-26(35)36-6-2)23-15-18(3)21(14-19(23)4)8-7-13-30-22-11-9-20(10-12-22)27(28)29/h9-12,14-15,30H,5-6,13,16-17H2,1-4H3,(H3,28,29)(H,31,33,34). The van der Waals surface area contributed by atoms with Gasteiger partial charge in [0.25, 0.3) is 0 Å². The van der Waals surface area contributed by atoms with Gasteiger partial charge in [-0.05, 0) is 68.3 Å². The zero-order valence-electron chi connectivity index (χ0n) is 21.2. The van der Waals surface area contributed by atoms with Crippen LogP contribution in [0.25, 0.3) is 0 Å². The maximum atomic E-state index is 12.4. The van der Waals surface area contributed by atoms with Crippen molar-refractivity contribution in [3.8, 4) is 11.8 Å². The summed E-state index contributed by atoms with van der Waals surface area (Å²) in [6.07, 6.45) is 0.188. The number of hydrogen-bond acceptors (Lipinski definition) is 7. The molecule has 9 heteroatoms. The van der Waals surface area contributed by atoms with Gasteiger partial charge in [0, 0.05) is 28.9 Å². The largest absolute Gasteiger partial charge is 0.465 e. The van der Waals surface area contributed by atoms with Crippen molar-refractivity contribution in [2.45, 2.75) is 34.1 Å². The molecule has 2 aromatic carbocycles. The monoisotopic (exact) mass is 491 g/mol. The van der Waals surface area contributed by atoms with E-state index in [0.29, 0.717) is 17.8 Å². The first-order valence-corrected chi connectivity index (χ1v) is 11.7. The van der Waals surface area contributed by atoms with Gasteiger partial charge in [-0.1, -0.05) is 18.8 Å². The van der Waals surface area contributed by atoms with E-state index in [1.807, 2.05) is 38.1 Å². The maximum absolute atomic E-state index is 12.4. The fraction of sp³-hybridized carbons (Fsp3) is 0.333. The van der Waals surface area contributed by atoms with E-state index in [0.717, 1.165) is 22.4 Å². The first kappa shape index (κ1) is 27.9. The second-order valence-electron chi connectivity index (χ2n) is 8.09. The number of nitrogen functional groups attached to an aromatic ring is 1. The molecule has 0 aromatic heterocycles. The first-order chi connectivity index (χ1) is 17.1. The first-order valence-electron chi connectivity index (χ1n) is 11.7. The molecule has 0 saturated heterocycles. The average Bonchev–Trinajstić information content (AvgIpc) is 2.83. The molecule has 0 radical (unpaired) electrons. The van der Waals surface area contributed by atoms with Crippen LogP contribution >= 0.6 is 0 Å². The van der Waals surface area contributed by atoms with Crippen LogP contribution in [0.4, 0.5) is 11.4 Å². The topological polar surface area (TPSA) is 138 Å². The minimum Gasteiger partial charge on any atom is -0.465 e. The summed E-state index contributed by atoms with van der Waals surface area (Å²) >= 11 is 0. The van der Waals surface area contributed by atoms with Crippen molar-refractivity contribution in [2.75, 3.05) is 36.5 Å². The van der Waals surface area contributed by atoms with E-state index in [2.05, 4.69) is 22.5 Å². The lowest BCUT2D eigenvalue weighted by Crippen LogP contribution is -2.42. The molecule has 0 fully saturated rings. The highest BCUT2D eigenvalue weighted by Crippen LogP contribution is 2.24. The van der Waals surface area contributed by atoms with Crippen molar-refractivity contribution in [3.63, 3.8) is 0 Å². The van der Waals surface area contributed by atoms with Gasteiger partial charge in [0.05, 0.1) is 19.7 Å². The molecule has 36 heavy (non-hydrogen) atoms. The number of nitrogens with two attached hydrogens (primary N) is 1. The molecule has 0 heterocycles. The normalized spacial score (nSPS) is 10.0. The molecular formula is C27H33N5O4. The fourth-order valence-electron chi connectivity index (χ4n) is 3.38. The van der Waals surface area contributed by atoms with Gasteiger partial charge < -0.3 is 20.7 Å². The summed E-state index contributed by atoms with van der Waals surface area (Å²) in [6, 6.07) is 11.0. The Morgan fingerprint density at radius 1 is 1.03 bits per heavy atom. The molecule has 0 aliphatic heterocycles. The van der Waals surface area contributed by atoms with Crippen LogP contribution in [-0.2, 0) is 19.1 Å². The number of carbonyl (C=O) groups excluding carboxylic acids is 3. The Labute approximate surface area is 211 Å². The van der Waals surface area contributed by atoms with E-state index in [-0.39, 0.29) is 37.9 Å². The van der Waals surface area contributed by atoms with Crippen LogP contribution in [-0.4, -0.2) is 49.9 Å². The van der Waals surface area contributed by atoms with Crippen LogP contribution < -0.4 is 21.3 Å². The number of nitrogens with one attached hydrogen (secondary N) is 3. The van der Waals surface area contributed by atoms with Crippen LogP contribution in [0.15, 0.2) is 36.4 Å². The zero-order valence-corrected chi connectivity index (χ0v) is 21.2. The number of ether oxygens (including phenoxy) is 1. The maximum Gasteiger partial charge on any atom is 0.325 e. The lowest BCUT2D eigenvalue weighted by atomic mass is 10.0. The third-order valence-corrected chi connectivity index (χ3v) is 5.24. The van der Waals surface area contributed by atoms with E-state index >= 15 is 0 Å². The summed E-state index contributed by atoms with van der Waals surface area (Å²) < 4.78 is 5.07. The van der Waals surface area contributed by atoms with Crippen molar-refractivity contribution in [1.82, 2.24) is 5.32 Å². The number of imide groups is 1. The molecule has 0 bridgehead atoms. The van der Waals surface area contributed by atoms with Crippen molar-refractivity contribution in [2.24, 2.45) is 5.73 Å². The van der Waals surface area contributed by atoms with E-state index in [1.165, 1.54) is 0 Å². The van der Waals surface area contributed by atoms with Gasteiger partial charge in [0.15, 0.2) is 0 Å². The number of carbonyl (C=O) groups is 3. The summed E-state index contributed by atoms with van der Waals surface area (Å²) in [4.78, 5) is 37.8. The molecule has 9 nitrogen and oxygen atoms in total. The second kappa shape index (κ2) is 13.5. The van der Waals surface area contributed by atoms with Crippen molar-refractivity contribution < 1.29 is 19.1 Å². The number of aryl methyl sites for hydroxylation is 2. The van der Waals surface area contributed by atoms with Crippen LogP contribution in [0.3, 0.4) is 0 Å². The third kappa shape index (κ3) is 8.47. The fourth-order valence-corrected chi connectivity index (χ4v) is 3.38. The molecule has 0 atom stereocenters. The Morgan fingerprint density at radius 3 is 2.33 bits per heavy atom. The van der Waals surface area contributed by atoms with Crippen LogP contribution in [0.5, 0.6) is 0 Å². The summed E-state index contributed by atoms with van der Waals surface area (Å²) in [5, 5.41) is 13.0. The Kier molecular flexibility index (Phi) is 10.5. The van der Waals surface area contributed by atoms with Gasteiger partial charge in [0.2, 0.25) is 11.8 Å². The van der Waals surface area contributed by atoms with E-state index in [4.69, 9.17) is 15.9 Å². The van der Waals surface area contributed by atoms with Crippen LogP contribution in [0.2, 0.25) is 0 Å². The van der Waals surface area contributed by atoms with Crippen LogP contribution in [0.1, 0.15) is 42.5 Å². The summed E-state index contributed by atoms with van der Waals surface area (Å²) in [6.45, 7) is 7.52. The van der Waals surface area contributed by atoms with E-state index in [9.17, 15) is 14.4 Å². The molecule has 2 amide bonds. The molecule has 0 saturated carbocycles. The Morgan fingerprint density at radius 2 is 1.72 bits per heavy atom. The SMILES string of the molecule is CCOC(=O)CN(CC(=O)NC(=O)CC)c1cc(C)c(C#CCNc2ccc(C(=N)N)cc2)cc1C.